The molecule has 0 aliphatic rings. The van der Waals surface area contributed by atoms with Gasteiger partial charge in [0, 0.05) is 11.4 Å². The summed E-state index contributed by atoms with van der Waals surface area (Å²) in [6.45, 7) is 1.82. The Bertz CT molecular complexity index is 552. The van der Waals surface area contributed by atoms with E-state index in [9.17, 15) is 4.79 Å². The first-order valence-electron chi connectivity index (χ1n) is 6.45. The maximum atomic E-state index is 12.0. The van der Waals surface area contributed by atoms with Crippen LogP contribution in [0.4, 0.5) is 11.4 Å². The molecular weight excluding hydrogens is 252 g/mol. The summed E-state index contributed by atoms with van der Waals surface area (Å²) < 4.78 is 5.09. The lowest BCUT2D eigenvalue weighted by molar-refractivity contribution is -0.116. The fourth-order valence-corrected chi connectivity index (χ4v) is 1.77. The zero-order valence-corrected chi connectivity index (χ0v) is 11.6. The summed E-state index contributed by atoms with van der Waals surface area (Å²) in [5, 5.41) is 6.00. The molecule has 2 N–H and O–H groups in total. The average molecular weight is 270 g/mol. The van der Waals surface area contributed by atoms with E-state index >= 15 is 0 Å². The van der Waals surface area contributed by atoms with Gasteiger partial charge in [-0.2, -0.15) is 0 Å². The molecule has 2 aromatic rings. The molecule has 20 heavy (non-hydrogen) atoms. The van der Waals surface area contributed by atoms with E-state index in [1.165, 1.54) is 0 Å². The van der Waals surface area contributed by atoms with Crippen LogP contribution in [0, 0.1) is 0 Å². The zero-order chi connectivity index (χ0) is 14.4. The van der Waals surface area contributed by atoms with E-state index in [1.54, 1.807) is 7.11 Å². The molecule has 0 aliphatic carbocycles. The molecule has 1 atom stereocenters. The lowest BCUT2D eigenvalue weighted by Gasteiger charge is -2.15. The van der Waals surface area contributed by atoms with Gasteiger partial charge in [0.15, 0.2) is 0 Å². The van der Waals surface area contributed by atoms with E-state index < -0.39 is 0 Å². The largest absolute Gasteiger partial charge is 0.497 e. The minimum Gasteiger partial charge on any atom is -0.497 e. The zero-order valence-electron chi connectivity index (χ0n) is 11.6. The summed E-state index contributed by atoms with van der Waals surface area (Å²) >= 11 is 0. The van der Waals surface area contributed by atoms with Gasteiger partial charge in [-0.05, 0) is 43.3 Å². The lowest BCUT2D eigenvalue weighted by Crippen LogP contribution is -2.31. The van der Waals surface area contributed by atoms with Gasteiger partial charge in [0.25, 0.3) is 0 Å². The normalized spacial score (nSPS) is 11.5. The van der Waals surface area contributed by atoms with Crippen molar-refractivity contribution in [1.29, 1.82) is 0 Å². The van der Waals surface area contributed by atoms with Gasteiger partial charge in [-0.25, -0.2) is 0 Å². The standard InChI is InChI=1S/C16H18N2O2/c1-12(16(19)18-13-6-4-3-5-7-13)17-14-8-10-15(20-2)11-9-14/h3-12,17H,1-2H3,(H,18,19). The van der Waals surface area contributed by atoms with Crippen LogP contribution in [0.1, 0.15) is 6.92 Å². The van der Waals surface area contributed by atoms with Gasteiger partial charge in [-0.3, -0.25) is 4.79 Å². The Balaban J connectivity index is 1.93. The minimum atomic E-state index is -0.330. The van der Waals surface area contributed by atoms with Crippen molar-refractivity contribution < 1.29 is 9.53 Å². The van der Waals surface area contributed by atoms with Gasteiger partial charge < -0.3 is 15.4 Å². The van der Waals surface area contributed by atoms with Crippen molar-refractivity contribution in [2.45, 2.75) is 13.0 Å². The number of hydrogen-bond donors (Lipinski definition) is 2. The lowest BCUT2D eigenvalue weighted by atomic mass is 10.2. The Kier molecular flexibility index (Phi) is 4.60. The molecule has 0 fully saturated rings. The molecular formula is C16H18N2O2. The Morgan fingerprint density at radius 2 is 1.65 bits per heavy atom. The van der Waals surface area contributed by atoms with Gasteiger partial charge in [-0.15, -0.1) is 0 Å². The van der Waals surface area contributed by atoms with Gasteiger partial charge in [0.2, 0.25) is 5.91 Å². The first-order chi connectivity index (χ1) is 9.69. The molecule has 0 aliphatic heterocycles. The van der Waals surface area contributed by atoms with Crippen LogP contribution in [-0.2, 0) is 4.79 Å². The van der Waals surface area contributed by atoms with E-state index in [0.717, 1.165) is 17.1 Å². The van der Waals surface area contributed by atoms with Crippen LogP contribution in [0.25, 0.3) is 0 Å². The van der Waals surface area contributed by atoms with Gasteiger partial charge >= 0.3 is 0 Å². The number of benzene rings is 2. The number of anilines is 2. The Hall–Kier alpha value is -2.49. The van der Waals surface area contributed by atoms with Crippen LogP contribution in [0.15, 0.2) is 54.6 Å². The van der Waals surface area contributed by atoms with E-state index in [0.29, 0.717) is 0 Å². The van der Waals surface area contributed by atoms with Crippen molar-refractivity contribution in [1.82, 2.24) is 0 Å². The van der Waals surface area contributed by atoms with E-state index in [4.69, 9.17) is 4.74 Å². The summed E-state index contributed by atoms with van der Waals surface area (Å²) in [6.07, 6.45) is 0. The number of nitrogens with one attached hydrogen (secondary N) is 2. The monoisotopic (exact) mass is 270 g/mol. The Morgan fingerprint density at radius 1 is 1.00 bits per heavy atom. The van der Waals surface area contributed by atoms with Crippen LogP contribution in [0.3, 0.4) is 0 Å². The van der Waals surface area contributed by atoms with Crippen LogP contribution in [0.2, 0.25) is 0 Å². The fraction of sp³-hybridized carbons (Fsp3) is 0.188. The van der Waals surface area contributed by atoms with Crippen molar-refractivity contribution in [3.63, 3.8) is 0 Å². The first kappa shape index (κ1) is 13.9. The molecule has 0 bridgehead atoms. The minimum absolute atomic E-state index is 0.0768. The third-order valence-corrected chi connectivity index (χ3v) is 2.91. The molecule has 0 spiro atoms. The number of carbonyl (C=O) groups is 1. The molecule has 4 heteroatoms. The van der Waals surface area contributed by atoms with Gasteiger partial charge in [0.1, 0.15) is 11.8 Å². The Morgan fingerprint density at radius 3 is 2.25 bits per heavy atom. The number of ether oxygens (including phenoxy) is 1. The maximum Gasteiger partial charge on any atom is 0.246 e. The number of para-hydroxylation sites is 1. The smallest absolute Gasteiger partial charge is 0.246 e. The third-order valence-electron chi connectivity index (χ3n) is 2.91. The van der Waals surface area contributed by atoms with Crippen LogP contribution >= 0.6 is 0 Å². The molecule has 1 amide bonds. The summed E-state index contributed by atoms with van der Waals surface area (Å²) in [7, 11) is 1.62. The van der Waals surface area contributed by atoms with E-state index in [-0.39, 0.29) is 11.9 Å². The van der Waals surface area contributed by atoms with Crippen molar-refractivity contribution >= 4 is 17.3 Å². The fourth-order valence-electron chi connectivity index (χ4n) is 1.77. The number of rotatable bonds is 5. The second-order valence-corrected chi connectivity index (χ2v) is 4.45. The molecule has 1 unspecified atom stereocenters. The first-order valence-corrected chi connectivity index (χ1v) is 6.45. The van der Waals surface area contributed by atoms with Crippen LogP contribution in [-0.4, -0.2) is 19.1 Å². The Labute approximate surface area is 118 Å². The SMILES string of the molecule is COc1ccc(NC(C)C(=O)Nc2ccccc2)cc1. The predicted molar refractivity (Wildman–Crippen MR) is 81.2 cm³/mol. The second kappa shape index (κ2) is 6.61. The van der Waals surface area contributed by atoms with E-state index in [2.05, 4.69) is 10.6 Å². The van der Waals surface area contributed by atoms with Gasteiger partial charge in [-0.1, -0.05) is 18.2 Å². The summed E-state index contributed by atoms with van der Waals surface area (Å²) in [5.41, 5.74) is 1.67. The molecule has 2 rings (SSSR count). The topological polar surface area (TPSA) is 50.4 Å². The quantitative estimate of drug-likeness (QED) is 0.877. The molecule has 0 saturated heterocycles. The maximum absolute atomic E-state index is 12.0. The third kappa shape index (κ3) is 3.75. The number of amides is 1. The average Bonchev–Trinajstić information content (AvgIpc) is 2.49. The number of hydrogen-bond acceptors (Lipinski definition) is 3. The molecule has 0 radical (unpaired) electrons. The molecule has 104 valence electrons. The number of carbonyl (C=O) groups excluding carboxylic acids is 1. The van der Waals surface area contributed by atoms with Crippen molar-refractivity contribution in [3.8, 4) is 5.75 Å². The molecule has 0 aromatic heterocycles. The van der Waals surface area contributed by atoms with Crippen molar-refractivity contribution in [2.75, 3.05) is 17.7 Å². The summed E-state index contributed by atoms with van der Waals surface area (Å²) in [6, 6.07) is 16.5. The summed E-state index contributed by atoms with van der Waals surface area (Å²) in [5.74, 6) is 0.712. The molecule has 4 nitrogen and oxygen atoms in total. The predicted octanol–water partition coefficient (Wildman–Crippen LogP) is 3.13. The highest BCUT2D eigenvalue weighted by atomic mass is 16.5. The highest BCUT2D eigenvalue weighted by Gasteiger charge is 2.12. The second-order valence-electron chi connectivity index (χ2n) is 4.45. The molecule has 0 saturated carbocycles. The summed E-state index contributed by atoms with van der Waals surface area (Å²) in [4.78, 5) is 12.0. The highest BCUT2D eigenvalue weighted by Crippen LogP contribution is 2.16. The van der Waals surface area contributed by atoms with Crippen LogP contribution < -0.4 is 15.4 Å². The van der Waals surface area contributed by atoms with Crippen LogP contribution in [0.5, 0.6) is 5.75 Å². The molecule has 0 heterocycles. The number of methoxy groups -OCH3 is 1. The van der Waals surface area contributed by atoms with E-state index in [1.807, 2.05) is 61.5 Å². The highest BCUT2D eigenvalue weighted by molar-refractivity contribution is 5.96. The van der Waals surface area contributed by atoms with Gasteiger partial charge in [0.05, 0.1) is 7.11 Å². The molecule has 2 aromatic carbocycles. The van der Waals surface area contributed by atoms with Crippen molar-refractivity contribution in [3.05, 3.63) is 54.6 Å². The van der Waals surface area contributed by atoms with Crippen molar-refractivity contribution in [2.24, 2.45) is 0 Å².